The van der Waals surface area contributed by atoms with Gasteiger partial charge in [-0.25, -0.2) is 0 Å². The maximum atomic E-state index is 4.67. The summed E-state index contributed by atoms with van der Waals surface area (Å²) in [5, 5.41) is 3.52. The van der Waals surface area contributed by atoms with Crippen molar-refractivity contribution >= 4 is 47.8 Å². The van der Waals surface area contributed by atoms with Crippen molar-refractivity contribution in [3.63, 3.8) is 0 Å². The van der Waals surface area contributed by atoms with E-state index in [-0.39, 0.29) is 0 Å². The van der Waals surface area contributed by atoms with Gasteiger partial charge in [-0.15, -0.1) is 0 Å². The second kappa shape index (κ2) is 6.90. The Balaban J connectivity index is 2.00. The van der Waals surface area contributed by atoms with Crippen LogP contribution in [0.15, 0.2) is 49.9 Å². The number of hydrogen-bond acceptors (Lipinski definition) is 2. The van der Waals surface area contributed by atoms with Crippen molar-refractivity contribution in [2.24, 2.45) is 0 Å². The molecule has 0 aliphatic carbocycles. The molecule has 21 heavy (non-hydrogen) atoms. The number of hydrogen-bond donors (Lipinski definition) is 1. The van der Waals surface area contributed by atoms with Crippen LogP contribution < -0.4 is 5.32 Å². The smallest absolute Gasteiger partial charge is 0.0584 e. The van der Waals surface area contributed by atoms with Gasteiger partial charge in [0.2, 0.25) is 0 Å². The Labute approximate surface area is 150 Å². The Morgan fingerprint density at radius 3 is 2.62 bits per heavy atom. The predicted octanol–water partition coefficient (Wildman–Crippen LogP) is 5.23. The van der Waals surface area contributed by atoms with Gasteiger partial charge >= 0.3 is 0 Å². The Hall–Kier alpha value is -0.230. The minimum Gasteiger partial charge on any atom is -0.316 e. The molecule has 2 aromatic rings. The highest BCUT2D eigenvalue weighted by Gasteiger charge is 2.31. The quantitative estimate of drug-likeness (QED) is 0.644. The van der Waals surface area contributed by atoms with Gasteiger partial charge in [0.05, 0.1) is 5.69 Å². The van der Waals surface area contributed by atoms with Gasteiger partial charge in [-0.05, 0) is 62.5 Å². The van der Waals surface area contributed by atoms with Crippen LogP contribution in [0.25, 0.3) is 0 Å². The standard InChI is InChI=1S/C16H15Br3N2/c17-10-7-15(19)16(21-8-10)12-5-6-20-9-13(12)11-3-1-2-4-14(11)18/h1-4,7-8,12-13,20H,5-6,9H2. The van der Waals surface area contributed by atoms with Crippen molar-refractivity contribution in [3.05, 3.63) is 61.2 Å². The highest BCUT2D eigenvalue weighted by atomic mass is 79.9. The van der Waals surface area contributed by atoms with Crippen LogP contribution in [0.2, 0.25) is 0 Å². The van der Waals surface area contributed by atoms with Crippen molar-refractivity contribution in [1.82, 2.24) is 10.3 Å². The third kappa shape index (κ3) is 3.41. The minimum atomic E-state index is 0.424. The van der Waals surface area contributed by atoms with Gasteiger partial charge in [-0.1, -0.05) is 34.1 Å². The van der Waals surface area contributed by atoms with Crippen LogP contribution in [0.1, 0.15) is 29.5 Å². The number of aromatic nitrogens is 1. The summed E-state index contributed by atoms with van der Waals surface area (Å²) in [6.07, 6.45) is 2.98. The van der Waals surface area contributed by atoms with Crippen molar-refractivity contribution in [2.45, 2.75) is 18.3 Å². The van der Waals surface area contributed by atoms with Crippen LogP contribution in [-0.4, -0.2) is 18.1 Å². The summed E-state index contributed by atoms with van der Waals surface area (Å²) >= 11 is 10.9. The third-order valence-corrected chi connectivity index (χ3v) is 5.77. The van der Waals surface area contributed by atoms with Gasteiger partial charge in [0.25, 0.3) is 0 Å². The molecule has 2 heterocycles. The van der Waals surface area contributed by atoms with E-state index in [1.54, 1.807) is 0 Å². The fourth-order valence-electron chi connectivity index (χ4n) is 2.99. The molecule has 1 aliphatic heterocycles. The zero-order valence-corrected chi connectivity index (χ0v) is 16.1. The fourth-order valence-corrected chi connectivity index (χ4v) is 4.85. The lowest BCUT2D eigenvalue weighted by atomic mass is 9.79. The summed E-state index contributed by atoms with van der Waals surface area (Å²) in [6, 6.07) is 10.6. The number of rotatable bonds is 2. The molecule has 2 nitrogen and oxygen atoms in total. The van der Waals surface area contributed by atoms with E-state index in [4.69, 9.17) is 0 Å². The molecule has 0 saturated carbocycles. The number of halogens is 3. The molecule has 1 aromatic heterocycles. The molecule has 1 N–H and O–H groups in total. The molecule has 5 heteroatoms. The first-order valence-electron chi connectivity index (χ1n) is 6.93. The summed E-state index contributed by atoms with van der Waals surface area (Å²) in [4.78, 5) is 4.67. The molecule has 1 aromatic carbocycles. The molecular formula is C16H15Br3N2. The van der Waals surface area contributed by atoms with Gasteiger partial charge in [-0.3, -0.25) is 4.98 Å². The van der Waals surface area contributed by atoms with Crippen molar-refractivity contribution in [2.75, 3.05) is 13.1 Å². The van der Waals surface area contributed by atoms with Crippen molar-refractivity contribution in [3.8, 4) is 0 Å². The molecule has 2 unspecified atom stereocenters. The minimum absolute atomic E-state index is 0.424. The van der Waals surface area contributed by atoms with E-state index >= 15 is 0 Å². The van der Waals surface area contributed by atoms with Gasteiger partial charge in [-0.2, -0.15) is 0 Å². The van der Waals surface area contributed by atoms with Gasteiger partial charge in [0.15, 0.2) is 0 Å². The van der Waals surface area contributed by atoms with E-state index in [1.807, 2.05) is 6.20 Å². The first-order chi connectivity index (χ1) is 10.2. The second-order valence-corrected chi connectivity index (χ2v) is 7.87. The number of benzene rings is 1. The molecule has 0 amide bonds. The lowest BCUT2D eigenvalue weighted by molar-refractivity contribution is 0.396. The highest BCUT2D eigenvalue weighted by molar-refractivity contribution is 9.11. The Morgan fingerprint density at radius 2 is 1.86 bits per heavy atom. The molecule has 1 fully saturated rings. The Kier molecular flexibility index (Phi) is 5.15. The largest absolute Gasteiger partial charge is 0.316 e. The molecular weight excluding hydrogens is 460 g/mol. The monoisotopic (exact) mass is 472 g/mol. The van der Waals surface area contributed by atoms with Crippen LogP contribution in [-0.2, 0) is 0 Å². The topological polar surface area (TPSA) is 24.9 Å². The van der Waals surface area contributed by atoms with Crippen molar-refractivity contribution in [1.29, 1.82) is 0 Å². The summed E-state index contributed by atoms with van der Waals surface area (Å²) in [7, 11) is 0. The molecule has 0 spiro atoms. The van der Waals surface area contributed by atoms with E-state index in [0.717, 1.165) is 34.1 Å². The van der Waals surface area contributed by atoms with E-state index in [2.05, 4.69) is 88.4 Å². The van der Waals surface area contributed by atoms with Crippen LogP contribution in [0.4, 0.5) is 0 Å². The molecule has 0 radical (unpaired) electrons. The van der Waals surface area contributed by atoms with E-state index in [9.17, 15) is 0 Å². The van der Waals surface area contributed by atoms with Gasteiger partial charge in [0, 0.05) is 38.0 Å². The summed E-state index contributed by atoms with van der Waals surface area (Å²) < 4.78 is 3.27. The maximum Gasteiger partial charge on any atom is 0.0584 e. The zero-order chi connectivity index (χ0) is 14.8. The number of piperidine rings is 1. The number of nitrogens with one attached hydrogen (secondary N) is 1. The average Bonchev–Trinajstić information content (AvgIpc) is 2.48. The lowest BCUT2D eigenvalue weighted by Gasteiger charge is -2.33. The summed E-state index contributed by atoms with van der Waals surface area (Å²) in [5.74, 6) is 0.853. The van der Waals surface area contributed by atoms with E-state index < -0.39 is 0 Å². The molecule has 110 valence electrons. The van der Waals surface area contributed by atoms with Crippen LogP contribution in [0, 0.1) is 0 Å². The first kappa shape index (κ1) is 15.7. The Bertz CT molecular complexity index is 645. The first-order valence-corrected chi connectivity index (χ1v) is 9.31. The average molecular weight is 475 g/mol. The second-order valence-electron chi connectivity index (χ2n) is 5.25. The molecule has 2 atom stereocenters. The maximum absolute atomic E-state index is 4.67. The lowest BCUT2D eigenvalue weighted by Crippen LogP contribution is -2.34. The molecule has 1 aliphatic rings. The Morgan fingerprint density at radius 1 is 1.05 bits per heavy atom. The van der Waals surface area contributed by atoms with E-state index in [0.29, 0.717) is 11.8 Å². The van der Waals surface area contributed by atoms with Crippen LogP contribution >= 0.6 is 47.8 Å². The zero-order valence-electron chi connectivity index (χ0n) is 11.3. The van der Waals surface area contributed by atoms with Gasteiger partial charge < -0.3 is 5.32 Å². The summed E-state index contributed by atoms with van der Waals surface area (Å²) in [5.41, 5.74) is 2.51. The van der Waals surface area contributed by atoms with Crippen LogP contribution in [0.3, 0.4) is 0 Å². The third-order valence-electron chi connectivity index (χ3n) is 3.97. The number of pyridine rings is 1. The fraction of sp³-hybridized carbons (Fsp3) is 0.312. The normalized spacial score (nSPS) is 22.2. The predicted molar refractivity (Wildman–Crippen MR) is 96.7 cm³/mol. The molecule has 3 rings (SSSR count). The molecule has 0 bridgehead atoms. The number of nitrogens with zero attached hydrogens (tertiary/aromatic N) is 1. The van der Waals surface area contributed by atoms with E-state index in [1.165, 1.54) is 10.0 Å². The molecule has 1 saturated heterocycles. The van der Waals surface area contributed by atoms with Gasteiger partial charge in [0.1, 0.15) is 0 Å². The van der Waals surface area contributed by atoms with Crippen LogP contribution in [0.5, 0.6) is 0 Å². The summed E-state index contributed by atoms with van der Waals surface area (Å²) in [6.45, 7) is 2.02. The highest BCUT2D eigenvalue weighted by Crippen LogP contribution is 2.41. The van der Waals surface area contributed by atoms with Crippen molar-refractivity contribution < 1.29 is 0 Å². The SMILES string of the molecule is Brc1cnc(C2CCNCC2c2ccccc2Br)c(Br)c1.